The summed E-state index contributed by atoms with van der Waals surface area (Å²) in [5.74, 6) is -1.36. The molecule has 0 saturated carbocycles. The SMILES string of the molecule is CC(C(=O)NCC1CCCO1)n1nccc1C(=O)O. The summed E-state index contributed by atoms with van der Waals surface area (Å²) in [6.45, 7) is 2.80. The minimum atomic E-state index is -1.10. The van der Waals surface area contributed by atoms with Crippen LogP contribution in [-0.4, -0.2) is 46.0 Å². The van der Waals surface area contributed by atoms with Gasteiger partial charge in [-0.05, 0) is 25.8 Å². The van der Waals surface area contributed by atoms with Gasteiger partial charge in [0.05, 0.1) is 6.10 Å². The molecule has 0 spiro atoms. The first-order valence-electron chi connectivity index (χ1n) is 6.25. The highest BCUT2D eigenvalue weighted by Crippen LogP contribution is 2.12. The maximum absolute atomic E-state index is 12.0. The van der Waals surface area contributed by atoms with Gasteiger partial charge in [-0.2, -0.15) is 5.10 Å². The average molecular weight is 267 g/mol. The second-order valence-corrected chi connectivity index (χ2v) is 4.52. The number of nitrogens with one attached hydrogen (secondary N) is 1. The van der Waals surface area contributed by atoms with Crippen molar-refractivity contribution in [3.63, 3.8) is 0 Å². The number of amides is 1. The molecule has 1 aliphatic rings. The topological polar surface area (TPSA) is 93.5 Å². The van der Waals surface area contributed by atoms with Crippen LogP contribution in [0.2, 0.25) is 0 Å². The Morgan fingerprint density at radius 3 is 3.11 bits per heavy atom. The summed E-state index contributed by atoms with van der Waals surface area (Å²) in [5, 5.41) is 15.6. The minimum absolute atomic E-state index is 0.000216. The Kier molecular flexibility index (Phi) is 4.16. The first kappa shape index (κ1) is 13.5. The van der Waals surface area contributed by atoms with Crippen LogP contribution in [0.5, 0.6) is 0 Å². The zero-order chi connectivity index (χ0) is 13.8. The van der Waals surface area contributed by atoms with E-state index in [1.807, 2.05) is 0 Å². The normalized spacial score (nSPS) is 20.2. The molecular weight excluding hydrogens is 250 g/mol. The van der Waals surface area contributed by atoms with Crippen LogP contribution in [0, 0.1) is 0 Å². The average Bonchev–Trinajstić information content (AvgIpc) is 3.05. The summed E-state index contributed by atoms with van der Waals surface area (Å²) >= 11 is 0. The van der Waals surface area contributed by atoms with Crippen LogP contribution < -0.4 is 5.32 Å². The Morgan fingerprint density at radius 2 is 2.47 bits per heavy atom. The van der Waals surface area contributed by atoms with Gasteiger partial charge < -0.3 is 15.2 Å². The molecule has 2 unspecified atom stereocenters. The zero-order valence-corrected chi connectivity index (χ0v) is 10.7. The molecule has 104 valence electrons. The number of ether oxygens (including phenoxy) is 1. The number of carboxylic acid groups (broad SMARTS) is 1. The summed E-state index contributed by atoms with van der Waals surface area (Å²) in [6.07, 6.45) is 3.38. The smallest absolute Gasteiger partial charge is 0.354 e. The van der Waals surface area contributed by atoms with Gasteiger partial charge in [-0.1, -0.05) is 0 Å². The second-order valence-electron chi connectivity index (χ2n) is 4.52. The lowest BCUT2D eigenvalue weighted by Gasteiger charge is -2.16. The highest BCUT2D eigenvalue weighted by Gasteiger charge is 2.23. The van der Waals surface area contributed by atoms with Crippen molar-refractivity contribution in [3.05, 3.63) is 18.0 Å². The molecule has 0 aliphatic carbocycles. The zero-order valence-electron chi connectivity index (χ0n) is 10.7. The van der Waals surface area contributed by atoms with Gasteiger partial charge in [0.25, 0.3) is 0 Å². The fourth-order valence-corrected chi connectivity index (χ4v) is 2.07. The molecular formula is C12H17N3O4. The number of nitrogens with zero attached hydrogens (tertiary/aromatic N) is 2. The summed E-state index contributed by atoms with van der Waals surface area (Å²) in [6, 6.07) is 0.703. The van der Waals surface area contributed by atoms with E-state index in [-0.39, 0.29) is 17.7 Å². The van der Waals surface area contributed by atoms with Crippen LogP contribution in [0.4, 0.5) is 0 Å². The van der Waals surface area contributed by atoms with Crippen molar-refractivity contribution in [3.8, 4) is 0 Å². The predicted molar refractivity (Wildman–Crippen MR) is 65.9 cm³/mol. The van der Waals surface area contributed by atoms with Crippen molar-refractivity contribution in [1.29, 1.82) is 0 Å². The third kappa shape index (κ3) is 3.11. The number of hydrogen-bond donors (Lipinski definition) is 2. The van der Waals surface area contributed by atoms with E-state index in [4.69, 9.17) is 9.84 Å². The molecule has 1 aromatic rings. The lowest BCUT2D eigenvalue weighted by Crippen LogP contribution is -2.37. The molecule has 1 aromatic heterocycles. The second kappa shape index (κ2) is 5.83. The van der Waals surface area contributed by atoms with Crippen molar-refractivity contribution in [2.45, 2.75) is 31.9 Å². The van der Waals surface area contributed by atoms with Crippen molar-refractivity contribution < 1.29 is 19.4 Å². The standard InChI is InChI=1S/C12H17N3O4/c1-8(15-10(12(17)18)4-5-14-15)11(16)13-7-9-3-2-6-19-9/h4-5,8-9H,2-3,6-7H2,1H3,(H,13,16)(H,17,18). The van der Waals surface area contributed by atoms with Crippen LogP contribution in [0.25, 0.3) is 0 Å². The summed E-state index contributed by atoms with van der Waals surface area (Å²) in [7, 11) is 0. The van der Waals surface area contributed by atoms with Gasteiger partial charge in [-0.3, -0.25) is 4.79 Å². The Bertz CT molecular complexity index is 465. The molecule has 1 aliphatic heterocycles. The third-order valence-corrected chi connectivity index (χ3v) is 3.16. The molecule has 2 heterocycles. The number of carbonyl (C=O) groups is 2. The number of hydrogen-bond acceptors (Lipinski definition) is 4. The molecule has 7 heteroatoms. The quantitative estimate of drug-likeness (QED) is 0.807. The van der Waals surface area contributed by atoms with E-state index < -0.39 is 12.0 Å². The van der Waals surface area contributed by atoms with Gasteiger partial charge in [0, 0.05) is 19.3 Å². The third-order valence-electron chi connectivity index (χ3n) is 3.16. The maximum Gasteiger partial charge on any atom is 0.354 e. The summed E-state index contributed by atoms with van der Waals surface area (Å²) in [4.78, 5) is 22.9. The number of rotatable bonds is 5. The molecule has 0 radical (unpaired) electrons. The number of carboxylic acids is 1. The highest BCUT2D eigenvalue weighted by atomic mass is 16.5. The maximum atomic E-state index is 12.0. The van der Waals surface area contributed by atoms with Gasteiger partial charge in [-0.15, -0.1) is 0 Å². The number of aromatic carboxylic acids is 1. The van der Waals surface area contributed by atoms with Crippen LogP contribution in [0.15, 0.2) is 12.3 Å². The van der Waals surface area contributed by atoms with Gasteiger partial charge in [-0.25, -0.2) is 9.48 Å². The Hall–Kier alpha value is -1.89. The van der Waals surface area contributed by atoms with Crippen LogP contribution in [-0.2, 0) is 9.53 Å². The number of carbonyl (C=O) groups excluding carboxylic acids is 1. The highest BCUT2D eigenvalue weighted by molar-refractivity contribution is 5.87. The molecule has 19 heavy (non-hydrogen) atoms. The van der Waals surface area contributed by atoms with E-state index in [1.54, 1.807) is 6.92 Å². The van der Waals surface area contributed by atoms with E-state index in [2.05, 4.69) is 10.4 Å². The van der Waals surface area contributed by atoms with E-state index in [9.17, 15) is 9.59 Å². The van der Waals surface area contributed by atoms with E-state index in [0.29, 0.717) is 6.54 Å². The van der Waals surface area contributed by atoms with Crippen molar-refractivity contribution in [1.82, 2.24) is 15.1 Å². The van der Waals surface area contributed by atoms with E-state index in [0.717, 1.165) is 19.4 Å². The fraction of sp³-hybridized carbons (Fsp3) is 0.583. The minimum Gasteiger partial charge on any atom is -0.477 e. The van der Waals surface area contributed by atoms with Crippen molar-refractivity contribution in [2.75, 3.05) is 13.2 Å². The van der Waals surface area contributed by atoms with E-state index in [1.165, 1.54) is 16.9 Å². The largest absolute Gasteiger partial charge is 0.477 e. The van der Waals surface area contributed by atoms with Crippen LogP contribution in [0.3, 0.4) is 0 Å². The monoisotopic (exact) mass is 267 g/mol. The van der Waals surface area contributed by atoms with Gasteiger partial charge >= 0.3 is 5.97 Å². The lowest BCUT2D eigenvalue weighted by molar-refractivity contribution is -0.124. The molecule has 7 nitrogen and oxygen atoms in total. The van der Waals surface area contributed by atoms with Gasteiger partial charge in [0.1, 0.15) is 11.7 Å². The lowest BCUT2D eigenvalue weighted by atomic mass is 10.2. The molecule has 0 bridgehead atoms. The van der Waals surface area contributed by atoms with Gasteiger partial charge in [0.2, 0.25) is 5.91 Å². The van der Waals surface area contributed by atoms with E-state index >= 15 is 0 Å². The Labute approximate surface area is 110 Å². The number of aromatic nitrogens is 2. The molecule has 1 fully saturated rings. The summed E-state index contributed by atoms with van der Waals surface area (Å²) in [5.41, 5.74) is -0.000216. The van der Waals surface area contributed by atoms with Crippen molar-refractivity contribution in [2.24, 2.45) is 0 Å². The molecule has 1 saturated heterocycles. The first-order valence-corrected chi connectivity index (χ1v) is 6.25. The first-order chi connectivity index (χ1) is 9.09. The molecule has 2 N–H and O–H groups in total. The predicted octanol–water partition coefficient (Wildman–Crippen LogP) is 0.437. The summed E-state index contributed by atoms with van der Waals surface area (Å²) < 4.78 is 6.61. The van der Waals surface area contributed by atoms with Crippen LogP contribution >= 0.6 is 0 Å². The van der Waals surface area contributed by atoms with Crippen LogP contribution in [0.1, 0.15) is 36.3 Å². The Morgan fingerprint density at radius 1 is 1.68 bits per heavy atom. The van der Waals surface area contributed by atoms with Crippen molar-refractivity contribution >= 4 is 11.9 Å². The van der Waals surface area contributed by atoms with Gasteiger partial charge in [0.15, 0.2) is 0 Å². The molecule has 0 aromatic carbocycles. The fourth-order valence-electron chi connectivity index (χ4n) is 2.07. The molecule has 2 rings (SSSR count). The molecule has 1 amide bonds. The Balaban J connectivity index is 1.94. The molecule has 2 atom stereocenters.